The predicted molar refractivity (Wildman–Crippen MR) is 120 cm³/mol. The molecule has 0 aliphatic heterocycles. The average molecular weight is 475 g/mol. The second-order valence-corrected chi connectivity index (χ2v) is 9.77. The summed E-state index contributed by atoms with van der Waals surface area (Å²) >= 11 is 0. The summed E-state index contributed by atoms with van der Waals surface area (Å²) in [4.78, 5) is 25.3. The average Bonchev–Trinajstić information content (AvgIpc) is 2.67. The zero-order valence-corrected chi connectivity index (χ0v) is 20.8. The van der Waals surface area contributed by atoms with E-state index in [4.69, 9.17) is 14.2 Å². The Labute approximate surface area is 195 Å². The Hall–Kier alpha value is -2.25. The van der Waals surface area contributed by atoms with Crippen molar-refractivity contribution in [2.75, 3.05) is 0 Å². The van der Waals surface area contributed by atoms with Gasteiger partial charge in [0.05, 0.1) is 17.9 Å². The number of rotatable bonds is 10. The minimum Gasteiger partial charge on any atom is -0.486 e. The third-order valence-corrected chi connectivity index (χ3v) is 5.32. The standard InChI is InChI=1S/C25H37F3O5/c1-9-16(4)20(14-21(29)33-24(6,7)8)23(30)31-17(5)22(15(2)3)32-19-12-10-18(11-13-19)25(26,27)28/h10-13,15-17,20,22H,9,14H2,1-8H3/t16-,17-,20-,22+/m0/s1. The maximum absolute atomic E-state index is 13.0. The van der Waals surface area contributed by atoms with Crippen LogP contribution >= 0.6 is 0 Å². The molecule has 0 radical (unpaired) electrons. The van der Waals surface area contributed by atoms with Crippen molar-refractivity contribution >= 4 is 11.9 Å². The second-order valence-electron chi connectivity index (χ2n) is 9.77. The van der Waals surface area contributed by atoms with Gasteiger partial charge < -0.3 is 14.2 Å². The van der Waals surface area contributed by atoms with Gasteiger partial charge in [0, 0.05) is 0 Å². The molecule has 1 aromatic carbocycles. The normalized spacial score (nSPS) is 16.0. The van der Waals surface area contributed by atoms with E-state index in [2.05, 4.69) is 0 Å². The summed E-state index contributed by atoms with van der Waals surface area (Å²) in [6, 6.07) is 4.39. The molecule has 0 N–H and O–H groups in total. The van der Waals surface area contributed by atoms with E-state index < -0.39 is 47.4 Å². The third-order valence-electron chi connectivity index (χ3n) is 5.32. The van der Waals surface area contributed by atoms with Crippen LogP contribution in [-0.4, -0.2) is 29.7 Å². The molecule has 0 spiro atoms. The zero-order valence-electron chi connectivity index (χ0n) is 20.8. The molecule has 0 bridgehead atoms. The number of benzene rings is 1. The highest BCUT2D eigenvalue weighted by Crippen LogP contribution is 2.31. The van der Waals surface area contributed by atoms with Crippen molar-refractivity contribution in [1.29, 1.82) is 0 Å². The molecule has 1 rings (SSSR count). The summed E-state index contributed by atoms with van der Waals surface area (Å²) in [7, 11) is 0. The van der Waals surface area contributed by atoms with Crippen LogP contribution in [0.2, 0.25) is 0 Å². The van der Waals surface area contributed by atoms with Gasteiger partial charge in [0.15, 0.2) is 0 Å². The van der Waals surface area contributed by atoms with Gasteiger partial charge >= 0.3 is 18.1 Å². The fourth-order valence-corrected chi connectivity index (χ4v) is 3.36. The first-order valence-corrected chi connectivity index (χ1v) is 11.3. The second kappa shape index (κ2) is 11.7. The summed E-state index contributed by atoms with van der Waals surface area (Å²) in [6.07, 6.45) is -5.14. The molecule has 0 heterocycles. The van der Waals surface area contributed by atoms with Crippen LogP contribution in [0.5, 0.6) is 5.75 Å². The number of carbonyl (C=O) groups is 2. The Morgan fingerprint density at radius 2 is 1.52 bits per heavy atom. The molecule has 0 unspecified atom stereocenters. The van der Waals surface area contributed by atoms with Gasteiger partial charge in [-0.05, 0) is 63.8 Å². The van der Waals surface area contributed by atoms with Gasteiger partial charge in [-0.25, -0.2) is 0 Å². The number of halogens is 3. The number of alkyl halides is 3. The lowest BCUT2D eigenvalue weighted by atomic mass is 9.89. The summed E-state index contributed by atoms with van der Waals surface area (Å²) in [5.41, 5.74) is -1.43. The Kier molecular flexibility index (Phi) is 10.2. The maximum Gasteiger partial charge on any atom is 0.416 e. The van der Waals surface area contributed by atoms with E-state index in [9.17, 15) is 22.8 Å². The van der Waals surface area contributed by atoms with E-state index >= 15 is 0 Å². The van der Waals surface area contributed by atoms with Crippen molar-refractivity contribution in [2.45, 2.75) is 92.2 Å². The zero-order chi connectivity index (χ0) is 25.6. The lowest BCUT2D eigenvalue weighted by molar-refractivity contribution is -0.168. The van der Waals surface area contributed by atoms with Crippen LogP contribution in [0.4, 0.5) is 13.2 Å². The van der Waals surface area contributed by atoms with Crippen molar-refractivity contribution in [3.05, 3.63) is 29.8 Å². The molecule has 0 saturated heterocycles. The molecule has 4 atom stereocenters. The molecule has 33 heavy (non-hydrogen) atoms. The van der Waals surface area contributed by atoms with Gasteiger partial charge in [-0.2, -0.15) is 13.2 Å². The predicted octanol–water partition coefficient (Wildman–Crippen LogP) is 6.43. The summed E-state index contributed by atoms with van der Waals surface area (Å²) < 4.78 is 55.3. The molecule has 0 aromatic heterocycles. The van der Waals surface area contributed by atoms with E-state index in [1.165, 1.54) is 12.1 Å². The molecule has 0 aliphatic rings. The van der Waals surface area contributed by atoms with E-state index in [1.54, 1.807) is 27.7 Å². The molecule has 0 fully saturated rings. The van der Waals surface area contributed by atoms with Gasteiger partial charge in [0.1, 0.15) is 23.6 Å². The van der Waals surface area contributed by atoms with Gasteiger partial charge in [-0.3, -0.25) is 9.59 Å². The van der Waals surface area contributed by atoms with E-state index in [-0.39, 0.29) is 24.0 Å². The molecule has 8 heteroatoms. The topological polar surface area (TPSA) is 61.8 Å². The lowest BCUT2D eigenvalue weighted by Gasteiger charge is -2.30. The van der Waals surface area contributed by atoms with Crippen LogP contribution in [0, 0.1) is 17.8 Å². The van der Waals surface area contributed by atoms with Crippen LogP contribution < -0.4 is 4.74 Å². The van der Waals surface area contributed by atoms with E-state index in [0.29, 0.717) is 6.42 Å². The minimum absolute atomic E-state index is 0.0933. The highest BCUT2D eigenvalue weighted by atomic mass is 19.4. The Balaban J connectivity index is 2.92. The van der Waals surface area contributed by atoms with Gasteiger partial charge in [0.25, 0.3) is 0 Å². The summed E-state index contributed by atoms with van der Waals surface area (Å²) in [5, 5.41) is 0. The number of hydrogen-bond acceptors (Lipinski definition) is 5. The smallest absolute Gasteiger partial charge is 0.416 e. The Morgan fingerprint density at radius 1 is 0.970 bits per heavy atom. The number of carbonyl (C=O) groups excluding carboxylic acids is 2. The summed E-state index contributed by atoms with van der Waals surface area (Å²) in [6.45, 7) is 14.5. The largest absolute Gasteiger partial charge is 0.486 e. The summed E-state index contributed by atoms with van der Waals surface area (Å²) in [5.74, 6) is -1.63. The van der Waals surface area contributed by atoms with Crippen LogP contribution in [-0.2, 0) is 25.2 Å². The Morgan fingerprint density at radius 3 is 1.94 bits per heavy atom. The molecule has 1 aromatic rings. The monoisotopic (exact) mass is 474 g/mol. The van der Waals surface area contributed by atoms with Crippen molar-refractivity contribution in [2.24, 2.45) is 17.8 Å². The van der Waals surface area contributed by atoms with Crippen molar-refractivity contribution < 1.29 is 37.0 Å². The molecular formula is C25H37F3O5. The quantitative estimate of drug-likeness (QED) is 0.366. The molecule has 188 valence electrons. The van der Waals surface area contributed by atoms with Crippen LogP contribution in [0.25, 0.3) is 0 Å². The van der Waals surface area contributed by atoms with E-state index in [0.717, 1.165) is 12.1 Å². The third kappa shape index (κ3) is 9.64. The van der Waals surface area contributed by atoms with Gasteiger partial charge in [0.2, 0.25) is 0 Å². The van der Waals surface area contributed by atoms with Crippen LogP contribution in [0.15, 0.2) is 24.3 Å². The van der Waals surface area contributed by atoms with Crippen molar-refractivity contribution in [3.63, 3.8) is 0 Å². The van der Waals surface area contributed by atoms with Gasteiger partial charge in [-0.1, -0.05) is 34.1 Å². The first-order chi connectivity index (χ1) is 15.0. The number of esters is 2. The number of hydrogen-bond donors (Lipinski definition) is 0. The van der Waals surface area contributed by atoms with Crippen LogP contribution in [0.1, 0.15) is 73.8 Å². The maximum atomic E-state index is 13.0. The van der Waals surface area contributed by atoms with E-state index in [1.807, 2.05) is 27.7 Å². The first kappa shape index (κ1) is 28.8. The van der Waals surface area contributed by atoms with Crippen molar-refractivity contribution in [1.82, 2.24) is 0 Å². The SMILES string of the molecule is CC[C@H](C)[C@H](CC(=O)OC(C)(C)C)C(=O)O[C@@H](C)[C@H](Oc1ccc(C(F)(F)F)cc1)C(C)C. The molecule has 0 amide bonds. The van der Waals surface area contributed by atoms with Crippen LogP contribution in [0.3, 0.4) is 0 Å². The molecule has 0 aliphatic carbocycles. The molecule has 5 nitrogen and oxygen atoms in total. The Bertz CT molecular complexity index is 766. The number of ether oxygens (including phenoxy) is 3. The lowest BCUT2D eigenvalue weighted by Crippen LogP contribution is -2.40. The fourth-order valence-electron chi connectivity index (χ4n) is 3.36. The highest BCUT2D eigenvalue weighted by Gasteiger charge is 2.34. The minimum atomic E-state index is -4.43. The molecular weight excluding hydrogens is 437 g/mol. The van der Waals surface area contributed by atoms with Crippen molar-refractivity contribution in [3.8, 4) is 5.75 Å². The highest BCUT2D eigenvalue weighted by molar-refractivity contribution is 5.80. The molecule has 0 saturated carbocycles. The van der Waals surface area contributed by atoms with Gasteiger partial charge in [-0.15, -0.1) is 0 Å². The fraction of sp³-hybridized carbons (Fsp3) is 0.680. The first-order valence-electron chi connectivity index (χ1n) is 11.3.